The van der Waals surface area contributed by atoms with Crippen LogP contribution in [0.15, 0.2) is 0 Å². The molecule has 0 aliphatic carbocycles. The fourth-order valence-electron chi connectivity index (χ4n) is 1.38. The molecule has 16 heavy (non-hydrogen) atoms. The molecule has 1 N–H and O–H groups in total. The van der Waals surface area contributed by atoms with E-state index >= 15 is 0 Å². The van der Waals surface area contributed by atoms with Crippen LogP contribution in [0.25, 0.3) is 0 Å². The highest BCUT2D eigenvalue weighted by Gasteiger charge is 2.11. The van der Waals surface area contributed by atoms with E-state index in [-0.39, 0.29) is 6.10 Å². The molecule has 1 atom stereocenters. The van der Waals surface area contributed by atoms with Crippen molar-refractivity contribution in [1.29, 1.82) is 0 Å². The summed E-state index contributed by atoms with van der Waals surface area (Å²) in [6.07, 6.45) is 1.81. The number of hydrogen-bond donors (Lipinski definition) is 1. The molecule has 90 valence electrons. The van der Waals surface area contributed by atoms with Crippen LogP contribution in [-0.4, -0.2) is 30.2 Å². The summed E-state index contributed by atoms with van der Waals surface area (Å²) in [6.45, 7) is 4.12. The van der Waals surface area contributed by atoms with E-state index in [0.717, 1.165) is 33.7 Å². The molecule has 1 unspecified atom stereocenters. The second kappa shape index (κ2) is 6.34. The van der Waals surface area contributed by atoms with E-state index < -0.39 is 0 Å². The zero-order valence-corrected chi connectivity index (χ0v) is 12.3. The minimum absolute atomic E-state index is 0.148. The maximum atomic E-state index is 5.23. The molecule has 0 radical (unpaired) electrons. The predicted molar refractivity (Wildman–Crippen MR) is 73.8 cm³/mol. The van der Waals surface area contributed by atoms with Crippen molar-refractivity contribution >= 4 is 28.4 Å². The molecule has 4 nitrogen and oxygen atoms in total. The number of methoxy groups -OCH3 is 1. The van der Waals surface area contributed by atoms with Crippen molar-refractivity contribution in [3.63, 3.8) is 0 Å². The summed E-state index contributed by atoms with van der Waals surface area (Å²) in [5.41, 5.74) is 1.10. The zero-order chi connectivity index (χ0) is 12.1. The Kier molecular flexibility index (Phi) is 5.40. The Morgan fingerprint density at radius 1 is 1.44 bits per heavy atom. The summed E-state index contributed by atoms with van der Waals surface area (Å²) in [7, 11) is 3.59. The molecule has 1 aromatic rings. The van der Waals surface area contributed by atoms with Crippen LogP contribution in [-0.2, 0) is 17.6 Å². The van der Waals surface area contributed by atoms with E-state index in [1.807, 2.05) is 14.0 Å². The lowest BCUT2D eigenvalue weighted by Crippen LogP contribution is -2.14. The maximum Gasteiger partial charge on any atom is 0.143 e. The third kappa shape index (κ3) is 3.28. The highest BCUT2D eigenvalue weighted by molar-refractivity contribution is 14.1. The van der Waals surface area contributed by atoms with Crippen molar-refractivity contribution < 1.29 is 4.74 Å². The van der Waals surface area contributed by atoms with Gasteiger partial charge in [-0.3, -0.25) is 0 Å². The van der Waals surface area contributed by atoms with Crippen molar-refractivity contribution in [3.05, 3.63) is 15.1 Å². The van der Waals surface area contributed by atoms with Gasteiger partial charge in [0.2, 0.25) is 0 Å². The highest BCUT2D eigenvalue weighted by Crippen LogP contribution is 2.19. The van der Waals surface area contributed by atoms with E-state index in [2.05, 4.69) is 44.8 Å². The average Bonchev–Trinajstić information content (AvgIpc) is 2.30. The SMILES string of the molecule is CCc1nc(CC(C)OC)nc(NC)c1I. The minimum atomic E-state index is 0.148. The third-order valence-corrected chi connectivity index (χ3v) is 3.54. The topological polar surface area (TPSA) is 47.0 Å². The van der Waals surface area contributed by atoms with Crippen molar-refractivity contribution in [1.82, 2.24) is 9.97 Å². The van der Waals surface area contributed by atoms with Crippen LogP contribution in [0, 0.1) is 3.57 Å². The van der Waals surface area contributed by atoms with Gasteiger partial charge in [-0.05, 0) is 35.9 Å². The van der Waals surface area contributed by atoms with Crippen molar-refractivity contribution in [2.24, 2.45) is 0 Å². The molecule has 1 aromatic heterocycles. The number of aromatic nitrogens is 2. The summed E-state index contributed by atoms with van der Waals surface area (Å²) in [6, 6.07) is 0. The molecule has 0 aromatic carbocycles. The monoisotopic (exact) mass is 335 g/mol. The van der Waals surface area contributed by atoms with E-state index in [0.29, 0.717) is 0 Å². The normalized spacial score (nSPS) is 12.6. The standard InChI is InChI=1S/C11H18IN3O/c1-5-8-10(12)11(13-3)15-9(14-8)6-7(2)16-4/h7H,5-6H2,1-4H3,(H,13,14,15). The van der Waals surface area contributed by atoms with Crippen LogP contribution >= 0.6 is 22.6 Å². The Morgan fingerprint density at radius 3 is 2.62 bits per heavy atom. The van der Waals surface area contributed by atoms with Gasteiger partial charge in [0.1, 0.15) is 11.6 Å². The number of nitrogens with one attached hydrogen (secondary N) is 1. The van der Waals surface area contributed by atoms with Gasteiger partial charge in [-0.25, -0.2) is 9.97 Å². The Morgan fingerprint density at radius 2 is 2.12 bits per heavy atom. The number of ether oxygens (including phenoxy) is 1. The van der Waals surface area contributed by atoms with Crippen LogP contribution in [0.1, 0.15) is 25.4 Å². The van der Waals surface area contributed by atoms with Gasteiger partial charge in [-0.2, -0.15) is 0 Å². The fourth-order valence-corrected chi connectivity index (χ4v) is 2.27. The van der Waals surface area contributed by atoms with Gasteiger partial charge in [0, 0.05) is 20.6 Å². The molecule has 1 rings (SSSR count). The van der Waals surface area contributed by atoms with Gasteiger partial charge < -0.3 is 10.1 Å². The number of anilines is 1. The van der Waals surface area contributed by atoms with Gasteiger partial charge in [0.15, 0.2) is 0 Å². The predicted octanol–water partition coefficient (Wildman–Crippen LogP) is 2.26. The lowest BCUT2D eigenvalue weighted by Gasteiger charge is -2.12. The molecule has 0 fully saturated rings. The summed E-state index contributed by atoms with van der Waals surface area (Å²) in [5.74, 6) is 1.75. The molecule has 0 aliphatic heterocycles. The molecule has 0 bridgehead atoms. The average molecular weight is 335 g/mol. The van der Waals surface area contributed by atoms with Gasteiger partial charge in [-0.1, -0.05) is 6.92 Å². The van der Waals surface area contributed by atoms with E-state index in [4.69, 9.17) is 4.74 Å². The molecular weight excluding hydrogens is 317 g/mol. The third-order valence-electron chi connectivity index (χ3n) is 2.41. The number of halogens is 1. The van der Waals surface area contributed by atoms with E-state index in [9.17, 15) is 0 Å². The molecule has 5 heteroatoms. The quantitative estimate of drug-likeness (QED) is 0.839. The highest BCUT2D eigenvalue weighted by atomic mass is 127. The molecule has 1 heterocycles. The Hall–Kier alpha value is -0.430. The van der Waals surface area contributed by atoms with Gasteiger partial charge >= 0.3 is 0 Å². The first-order valence-electron chi connectivity index (χ1n) is 5.38. The number of nitrogens with zero attached hydrogens (tertiary/aromatic N) is 2. The number of rotatable bonds is 5. The van der Waals surface area contributed by atoms with Gasteiger partial charge in [-0.15, -0.1) is 0 Å². The lowest BCUT2D eigenvalue weighted by molar-refractivity contribution is 0.117. The van der Waals surface area contributed by atoms with Crippen molar-refractivity contribution in [2.75, 3.05) is 19.5 Å². The number of aryl methyl sites for hydroxylation is 1. The van der Waals surface area contributed by atoms with Crippen molar-refractivity contribution in [3.8, 4) is 0 Å². The maximum absolute atomic E-state index is 5.23. The second-order valence-corrected chi connectivity index (χ2v) is 4.68. The molecule has 0 saturated carbocycles. The smallest absolute Gasteiger partial charge is 0.143 e. The van der Waals surface area contributed by atoms with Crippen LogP contribution < -0.4 is 5.32 Å². The first-order chi connectivity index (χ1) is 7.62. The van der Waals surface area contributed by atoms with Crippen LogP contribution in [0.5, 0.6) is 0 Å². The number of hydrogen-bond acceptors (Lipinski definition) is 4. The zero-order valence-electron chi connectivity index (χ0n) is 10.2. The minimum Gasteiger partial charge on any atom is -0.381 e. The fraction of sp³-hybridized carbons (Fsp3) is 0.636. The summed E-state index contributed by atoms with van der Waals surface area (Å²) in [5, 5.41) is 3.10. The Balaban J connectivity index is 3.02. The molecule has 0 spiro atoms. The second-order valence-electron chi connectivity index (χ2n) is 3.60. The Labute approximate surface area is 110 Å². The first kappa shape index (κ1) is 13.6. The van der Waals surface area contributed by atoms with Crippen LogP contribution in [0.2, 0.25) is 0 Å². The van der Waals surface area contributed by atoms with E-state index in [1.54, 1.807) is 7.11 Å². The first-order valence-corrected chi connectivity index (χ1v) is 6.46. The van der Waals surface area contributed by atoms with E-state index in [1.165, 1.54) is 0 Å². The van der Waals surface area contributed by atoms with Gasteiger partial charge in [0.05, 0.1) is 15.4 Å². The van der Waals surface area contributed by atoms with Gasteiger partial charge in [0.25, 0.3) is 0 Å². The largest absolute Gasteiger partial charge is 0.381 e. The lowest BCUT2D eigenvalue weighted by atomic mass is 10.2. The van der Waals surface area contributed by atoms with Crippen LogP contribution in [0.4, 0.5) is 5.82 Å². The molecular formula is C11H18IN3O. The molecule has 0 amide bonds. The summed E-state index contributed by atoms with van der Waals surface area (Å²) >= 11 is 2.28. The molecule has 0 aliphatic rings. The van der Waals surface area contributed by atoms with Crippen LogP contribution in [0.3, 0.4) is 0 Å². The molecule has 0 saturated heterocycles. The van der Waals surface area contributed by atoms with Crippen molar-refractivity contribution in [2.45, 2.75) is 32.8 Å². The Bertz CT molecular complexity index is 332. The summed E-state index contributed by atoms with van der Waals surface area (Å²) in [4.78, 5) is 9.03. The summed E-state index contributed by atoms with van der Waals surface area (Å²) < 4.78 is 6.34.